The zero-order chi connectivity index (χ0) is 16.8. The van der Waals surface area contributed by atoms with Gasteiger partial charge in [-0.25, -0.2) is 4.98 Å². The fraction of sp³-hybridized carbons (Fsp3) is 0.529. The van der Waals surface area contributed by atoms with Crippen molar-refractivity contribution in [3.63, 3.8) is 0 Å². The van der Waals surface area contributed by atoms with Crippen LogP contribution in [-0.2, 0) is 11.3 Å². The van der Waals surface area contributed by atoms with Crippen LogP contribution >= 0.6 is 0 Å². The number of pyridine rings is 1. The van der Waals surface area contributed by atoms with E-state index in [1.165, 1.54) is 19.3 Å². The van der Waals surface area contributed by atoms with E-state index in [0.29, 0.717) is 30.7 Å². The van der Waals surface area contributed by atoms with E-state index in [1.807, 2.05) is 12.1 Å². The van der Waals surface area contributed by atoms with E-state index in [-0.39, 0.29) is 5.91 Å². The normalized spacial score (nSPS) is 18.5. The lowest BCUT2D eigenvalue weighted by Crippen LogP contribution is -2.37. The first kappa shape index (κ1) is 16.6. The standard InChI is InChI=1S/C17H24N6O/c1-23-11-3-2-4-14(23)5-6-16(24)19-12-15-20-17(22-21-15)13-7-9-18-10-8-13/h7-10,14H,2-6,11-12H2,1H3,(H,19,24)(H,20,21,22). The summed E-state index contributed by atoms with van der Waals surface area (Å²) in [4.78, 5) is 22.8. The van der Waals surface area contributed by atoms with Gasteiger partial charge in [0, 0.05) is 30.4 Å². The van der Waals surface area contributed by atoms with Gasteiger partial charge in [0.25, 0.3) is 0 Å². The Hall–Kier alpha value is -2.28. The number of nitrogens with one attached hydrogen (secondary N) is 2. The van der Waals surface area contributed by atoms with Crippen molar-refractivity contribution in [2.75, 3.05) is 13.6 Å². The molecule has 1 saturated heterocycles. The summed E-state index contributed by atoms with van der Waals surface area (Å²) in [5, 5.41) is 9.95. The summed E-state index contributed by atoms with van der Waals surface area (Å²) < 4.78 is 0. The van der Waals surface area contributed by atoms with Gasteiger partial charge in [-0.2, -0.15) is 5.10 Å². The topological polar surface area (TPSA) is 86.8 Å². The number of likely N-dealkylation sites (tertiary alicyclic amines) is 1. The quantitative estimate of drug-likeness (QED) is 0.843. The summed E-state index contributed by atoms with van der Waals surface area (Å²) in [6.07, 6.45) is 8.62. The number of aromatic amines is 1. The maximum atomic E-state index is 12.0. The summed E-state index contributed by atoms with van der Waals surface area (Å²) in [7, 11) is 2.15. The molecule has 2 N–H and O–H groups in total. The number of aromatic nitrogens is 4. The van der Waals surface area contributed by atoms with Crippen LogP contribution < -0.4 is 5.32 Å². The molecule has 0 radical (unpaired) electrons. The highest BCUT2D eigenvalue weighted by molar-refractivity contribution is 5.75. The number of hydrogen-bond donors (Lipinski definition) is 2. The Labute approximate surface area is 141 Å². The van der Waals surface area contributed by atoms with Gasteiger partial charge in [0.2, 0.25) is 5.91 Å². The van der Waals surface area contributed by atoms with E-state index >= 15 is 0 Å². The van der Waals surface area contributed by atoms with Crippen molar-refractivity contribution in [1.29, 1.82) is 0 Å². The predicted octanol–water partition coefficient (Wildman–Crippen LogP) is 1.75. The molecule has 1 amide bonds. The van der Waals surface area contributed by atoms with Crippen molar-refractivity contribution in [1.82, 2.24) is 30.4 Å². The Bertz CT molecular complexity index is 656. The van der Waals surface area contributed by atoms with Gasteiger partial charge in [0.05, 0.1) is 6.54 Å². The molecule has 0 spiro atoms. The third-order valence-corrected chi connectivity index (χ3v) is 4.55. The molecule has 0 aliphatic carbocycles. The summed E-state index contributed by atoms with van der Waals surface area (Å²) >= 11 is 0. The zero-order valence-electron chi connectivity index (χ0n) is 14.0. The van der Waals surface area contributed by atoms with E-state index in [0.717, 1.165) is 18.5 Å². The van der Waals surface area contributed by atoms with Gasteiger partial charge in [-0.15, -0.1) is 0 Å². The molecule has 1 atom stereocenters. The number of piperidine rings is 1. The molecule has 7 heteroatoms. The monoisotopic (exact) mass is 328 g/mol. The minimum absolute atomic E-state index is 0.0656. The number of amides is 1. The third-order valence-electron chi connectivity index (χ3n) is 4.55. The second kappa shape index (κ2) is 8.01. The first-order valence-corrected chi connectivity index (χ1v) is 8.51. The largest absolute Gasteiger partial charge is 0.349 e. The van der Waals surface area contributed by atoms with Crippen LogP contribution in [0.5, 0.6) is 0 Å². The molecule has 1 aliphatic rings. The molecule has 3 heterocycles. The average molecular weight is 328 g/mol. The van der Waals surface area contributed by atoms with Gasteiger partial charge < -0.3 is 10.2 Å². The van der Waals surface area contributed by atoms with Gasteiger partial charge >= 0.3 is 0 Å². The number of hydrogen-bond acceptors (Lipinski definition) is 5. The number of carbonyl (C=O) groups excluding carboxylic acids is 1. The smallest absolute Gasteiger partial charge is 0.220 e. The minimum atomic E-state index is 0.0656. The Morgan fingerprint density at radius 2 is 2.21 bits per heavy atom. The predicted molar refractivity (Wildman–Crippen MR) is 91.0 cm³/mol. The first-order valence-electron chi connectivity index (χ1n) is 8.51. The van der Waals surface area contributed by atoms with Crippen molar-refractivity contribution < 1.29 is 4.79 Å². The molecule has 2 aromatic heterocycles. The Morgan fingerprint density at radius 1 is 1.38 bits per heavy atom. The Morgan fingerprint density at radius 3 is 3.00 bits per heavy atom. The van der Waals surface area contributed by atoms with Gasteiger partial charge in [0.1, 0.15) is 5.82 Å². The highest BCUT2D eigenvalue weighted by Crippen LogP contribution is 2.19. The average Bonchev–Trinajstić information content (AvgIpc) is 3.09. The van der Waals surface area contributed by atoms with Crippen LogP contribution in [0.2, 0.25) is 0 Å². The van der Waals surface area contributed by atoms with Crippen LogP contribution in [0.15, 0.2) is 24.5 Å². The zero-order valence-corrected chi connectivity index (χ0v) is 14.0. The van der Waals surface area contributed by atoms with Gasteiger partial charge in [-0.1, -0.05) is 6.42 Å². The van der Waals surface area contributed by atoms with Gasteiger partial charge in [-0.3, -0.25) is 14.9 Å². The van der Waals surface area contributed by atoms with Gasteiger partial charge in [0.15, 0.2) is 5.82 Å². The highest BCUT2D eigenvalue weighted by Gasteiger charge is 2.19. The van der Waals surface area contributed by atoms with Crippen molar-refractivity contribution in [3.8, 4) is 11.4 Å². The summed E-state index contributed by atoms with van der Waals surface area (Å²) in [6.45, 7) is 1.51. The molecule has 0 saturated carbocycles. The molecule has 3 rings (SSSR count). The fourth-order valence-corrected chi connectivity index (χ4v) is 3.08. The SMILES string of the molecule is CN1CCCCC1CCC(=O)NCc1nc(-c2ccncc2)n[nH]1. The lowest BCUT2D eigenvalue weighted by molar-refractivity contribution is -0.121. The van der Waals surface area contributed by atoms with Crippen LogP contribution in [0, 0.1) is 0 Å². The van der Waals surface area contributed by atoms with Crippen molar-refractivity contribution in [2.24, 2.45) is 0 Å². The van der Waals surface area contributed by atoms with Crippen LogP contribution in [-0.4, -0.2) is 50.6 Å². The van der Waals surface area contributed by atoms with Crippen molar-refractivity contribution >= 4 is 5.91 Å². The van der Waals surface area contributed by atoms with Crippen LogP contribution in [0.4, 0.5) is 0 Å². The number of H-pyrrole nitrogens is 1. The Kier molecular flexibility index (Phi) is 5.53. The molecule has 0 aromatic carbocycles. The van der Waals surface area contributed by atoms with E-state index < -0.39 is 0 Å². The molecule has 1 aliphatic heterocycles. The molecule has 7 nitrogen and oxygen atoms in total. The van der Waals surface area contributed by atoms with E-state index in [9.17, 15) is 4.79 Å². The maximum absolute atomic E-state index is 12.0. The van der Waals surface area contributed by atoms with Crippen LogP contribution in [0.1, 0.15) is 37.9 Å². The summed E-state index contributed by atoms with van der Waals surface area (Å²) in [5.74, 6) is 1.34. The molecule has 1 fully saturated rings. The molecule has 2 aromatic rings. The Balaban J connectivity index is 1.44. The number of nitrogens with zero attached hydrogens (tertiary/aromatic N) is 4. The lowest BCUT2D eigenvalue weighted by atomic mass is 9.98. The molecule has 1 unspecified atom stereocenters. The molecule has 0 bridgehead atoms. The van der Waals surface area contributed by atoms with E-state index in [1.54, 1.807) is 12.4 Å². The molecule has 24 heavy (non-hydrogen) atoms. The summed E-state index contributed by atoms with van der Waals surface area (Å²) in [6, 6.07) is 4.24. The van der Waals surface area contributed by atoms with E-state index in [4.69, 9.17) is 0 Å². The van der Waals surface area contributed by atoms with Crippen LogP contribution in [0.3, 0.4) is 0 Å². The van der Waals surface area contributed by atoms with Crippen LogP contribution in [0.25, 0.3) is 11.4 Å². The van der Waals surface area contributed by atoms with Crippen molar-refractivity contribution in [2.45, 2.75) is 44.7 Å². The minimum Gasteiger partial charge on any atom is -0.349 e. The lowest BCUT2D eigenvalue weighted by Gasteiger charge is -2.32. The second-order valence-electron chi connectivity index (χ2n) is 6.29. The highest BCUT2D eigenvalue weighted by atomic mass is 16.1. The second-order valence-corrected chi connectivity index (χ2v) is 6.29. The maximum Gasteiger partial charge on any atom is 0.220 e. The molecular formula is C17H24N6O. The van der Waals surface area contributed by atoms with Crippen molar-refractivity contribution in [3.05, 3.63) is 30.4 Å². The molecule has 128 valence electrons. The number of rotatable bonds is 6. The summed E-state index contributed by atoms with van der Waals surface area (Å²) in [5.41, 5.74) is 0.902. The first-order chi connectivity index (χ1) is 11.7. The van der Waals surface area contributed by atoms with Gasteiger partial charge in [-0.05, 0) is 45.0 Å². The third kappa shape index (κ3) is 4.38. The number of carbonyl (C=O) groups is 1. The fourth-order valence-electron chi connectivity index (χ4n) is 3.08. The van der Waals surface area contributed by atoms with E-state index in [2.05, 4.69) is 37.4 Å². The molecular weight excluding hydrogens is 304 g/mol.